The SMILES string of the molecule is CCCCCCc1cc(OCCCCC)c(OC)c(OC)c1OCCCCC. The number of rotatable bonds is 17. The number of unbranched alkanes of at least 4 members (excludes halogenated alkanes) is 7. The van der Waals surface area contributed by atoms with Crippen molar-refractivity contribution in [1.29, 1.82) is 0 Å². The van der Waals surface area contributed by atoms with Crippen molar-refractivity contribution in [2.24, 2.45) is 0 Å². The van der Waals surface area contributed by atoms with Crippen LogP contribution in [-0.2, 0) is 6.42 Å². The molecule has 162 valence electrons. The molecule has 0 aliphatic heterocycles. The molecule has 0 heterocycles. The van der Waals surface area contributed by atoms with Crippen LogP contribution in [0.5, 0.6) is 23.0 Å². The van der Waals surface area contributed by atoms with Gasteiger partial charge in [0, 0.05) is 5.56 Å². The molecule has 0 aliphatic rings. The molecule has 4 nitrogen and oxygen atoms in total. The second kappa shape index (κ2) is 15.4. The first-order valence-corrected chi connectivity index (χ1v) is 11.3. The largest absolute Gasteiger partial charge is 0.490 e. The lowest BCUT2D eigenvalue weighted by molar-refractivity contribution is 0.256. The fourth-order valence-electron chi connectivity index (χ4n) is 3.28. The van der Waals surface area contributed by atoms with Crippen LogP contribution in [0, 0.1) is 0 Å². The van der Waals surface area contributed by atoms with Gasteiger partial charge in [0.05, 0.1) is 27.4 Å². The van der Waals surface area contributed by atoms with E-state index in [0.29, 0.717) is 24.7 Å². The highest BCUT2D eigenvalue weighted by molar-refractivity contribution is 5.63. The van der Waals surface area contributed by atoms with Gasteiger partial charge in [0.25, 0.3) is 0 Å². The Kier molecular flexibility index (Phi) is 13.4. The number of benzene rings is 1. The molecule has 1 rings (SSSR count). The summed E-state index contributed by atoms with van der Waals surface area (Å²) in [6.45, 7) is 8.03. The van der Waals surface area contributed by atoms with Crippen LogP contribution in [0.2, 0.25) is 0 Å². The molecule has 1 aromatic rings. The van der Waals surface area contributed by atoms with E-state index in [1.807, 2.05) is 0 Å². The second-order valence-corrected chi connectivity index (χ2v) is 7.35. The highest BCUT2D eigenvalue weighted by Crippen LogP contribution is 2.47. The van der Waals surface area contributed by atoms with Crippen LogP contribution in [0.1, 0.15) is 90.5 Å². The van der Waals surface area contributed by atoms with Gasteiger partial charge in [-0.05, 0) is 31.7 Å². The van der Waals surface area contributed by atoms with Gasteiger partial charge < -0.3 is 18.9 Å². The molecule has 0 fully saturated rings. The molecule has 28 heavy (non-hydrogen) atoms. The van der Waals surface area contributed by atoms with E-state index >= 15 is 0 Å². The van der Waals surface area contributed by atoms with Crippen molar-refractivity contribution >= 4 is 0 Å². The maximum Gasteiger partial charge on any atom is 0.207 e. The van der Waals surface area contributed by atoms with Gasteiger partial charge >= 0.3 is 0 Å². The summed E-state index contributed by atoms with van der Waals surface area (Å²) >= 11 is 0. The van der Waals surface area contributed by atoms with Crippen molar-refractivity contribution in [3.05, 3.63) is 11.6 Å². The van der Waals surface area contributed by atoms with Crippen LogP contribution in [0.4, 0.5) is 0 Å². The molecule has 0 aromatic heterocycles. The Hall–Kier alpha value is -1.58. The number of ether oxygens (including phenoxy) is 4. The standard InChI is InChI=1S/C24H42O4/c1-6-9-12-13-16-20-19-21(27-17-14-10-7-2)23(25-4)24(26-5)22(20)28-18-15-11-8-3/h19H,6-18H2,1-5H3. The van der Waals surface area contributed by atoms with Crippen molar-refractivity contribution < 1.29 is 18.9 Å². The topological polar surface area (TPSA) is 36.9 Å². The molecule has 0 N–H and O–H groups in total. The van der Waals surface area contributed by atoms with Crippen LogP contribution in [0.15, 0.2) is 6.07 Å². The predicted octanol–water partition coefficient (Wildman–Crippen LogP) is 6.96. The van der Waals surface area contributed by atoms with Gasteiger partial charge in [0.1, 0.15) is 0 Å². The average Bonchev–Trinajstić information content (AvgIpc) is 2.71. The Morgan fingerprint density at radius 1 is 0.607 bits per heavy atom. The minimum atomic E-state index is 0.641. The Labute approximate surface area is 172 Å². The molecule has 0 amide bonds. The summed E-state index contributed by atoms with van der Waals surface area (Å²) in [6.07, 6.45) is 12.6. The van der Waals surface area contributed by atoms with Crippen molar-refractivity contribution in [2.45, 2.75) is 91.4 Å². The van der Waals surface area contributed by atoms with Crippen molar-refractivity contribution in [3.63, 3.8) is 0 Å². The van der Waals surface area contributed by atoms with Crippen LogP contribution in [0.3, 0.4) is 0 Å². The number of hydrogen-bond acceptors (Lipinski definition) is 4. The fraction of sp³-hybridized carbons (Fsp3) is 0.750. The zero-order chi connectivity index (χ0) is 20.6. The number of aryl methyl sites for hydroxylation is 1. The van der Waals surface area contributed by atoms with E-state index in [1.54, 1.807) is 14.2 Å². The normalized spacial score (nSPS) is 10.8. The Bertz CT molecular complexity index is 528. The first-order chi connectivity index (χ1) is 13.7. The molecule has 4 heteroatoms. The maximum atomic E-state index is 6.20. The first-order valence-electron chi connectivity index (χ1n) is 11.3. The van der Waals surface area contributed by atoms with Crippen LogP contribution >= 0.6 is 0 Å². The van der Waals surface area contributed by atoms with Crippen molar-refractivity contribution in [1.82, 2.24) is 0 Å². The van der Waals surface area contributed by atoms with E-state index in [1.165, 1.54) is 44.9 Å². The predicted molar refractivity (Wildman–Crippen MR) is 117 cm³/mol. The maximum absolute atomic E-state index is 6.20. The Morgan fingerprint density at radius 2 is 1.18 bits per heavy atom. The van der Waals surface area contributed by atoms with E-state index in [0.717, 1.165) is 42.7 Å². The van der Waals surface area contributed by atoms with E-state index < -0.39 is 0 Å². The van der Waals surface area contributed by atoms with Gasteiger partial charge in [-0.25, -0.2) is 0 Å². The highest BCUT2D eigenvalue weighted by atomic mass is 16.5. The molecule has 0 spiro atoms. The van der Waals surface area contributed by atoms with Gasteiger partial charge in [-0.15, -0.1) is 0 Å². The molecule has 0 radical (unpaired) electrons. The summed E-state index contributed by atoms with van der Waals surface area (Å²) < 4.78 is 23.7. The first kappa shape index (κ1) is 24.5. The molecule has 0 atom stereocenters. The van der Waals surface area contributed by atoms with E-state index in [4.69, 9.17) is 18.9 Å². The minimum absolute atomic E-state index is 0.641. The molecular formula is C24H42O4. The van der Waals surface area contributed by atoms with Gasteiger partial charge in [0.2, 0.25) is 11.5 Å². The van der Waals surface area contributed by atoms with Gasteiger partial charge in [-0.1, -0.05) is 65.7 Å². The minimum Gasteiger partial charge on any atom is -0.490 e. The molecule has 0 aliphatic carbocycles. The third-order valence-electron chi connectivity index (χ3n) is 4.94. The van der Waals surface area contributed by atoms with Gasteiger partial charge in [0.15, 0.2) is 11.5 Å². The van der Waals surface area contributed by atoms with Gasteiger partial charge in [-0.2, -0.15) is 0 Å². The summed E-state index contributed by atoms with van der Waals surface area (Å²) in [5.74, 6) is 2.90. The third kappa shape index (κ3) is 8.20. The molecule has 0 saturated heterocycles. The van der Waals surface area contributed by atoms with Crippen molar-refractivity contribution in [2.75, 3.05) is 27.4 Å². The Morgan fingerprint density at radius 3 is 1.75 bits per heavy atom. The summed E-state index contributed by atoms with van der Waals surface area (Å²) in [5, 5.41) is 0. The second-order valence-electron chi connectivity index (χ2n) is 7.35. The lowest BCUT2D eigenvalue weighted by atomic mass is 10.0. The molecule has 0 bridgehead atoms. The van der Waals surface area contributed by atoms with Crippen LogP contribution in [-0.4, -0.2) is 27.4 Å². The van der Waals surface area contributed by atoms with Crippen LogP contribution < -0.4 is 18.9 Å². The zero-order valence-corrected chi connectivity index (χ0v) is 18.9. The zero-order valence-electron chi connectivity index (χ0n) is 18.9. The van der Waals surface area contributed by atoms with E-state index in [2.05, 4.69) is 26.8 Å². The van der Waals surface area contributed by atoms with Crippen molar-refractivity contribution in [3.8, 4) is 23.0 Å². The Balaban J connectivity index is 3.08. The summed E-state index contributed by atoms with van der Waals surface area (Å²) in [7, 11) is 3.34. The monoisotopic (exact) mass is 394 g/mol. The summed E-state index contributed by atoms with van der Waals surface area (Å²) in [6, 6.07) is 2.11. The van der Waals surface area contributed by atoms with Gasteiger partial charge in [-0.3, -0.25) is 0 Å². The summed E-state index contributed by atoms with van der Waals surface area (Å²) in [4.78, 5) is 0. The lowest BCUT2D eigenvalue weighted by Gasteiger charge is -2.21. The fourth-order valence-corrected chi connectivity index (χ4v) is 3.28. The third-order valence-corrected chi connectivity index (χ3v) is 4.94. The quantitative estimate of drug-likeness (QED) is 0.267. The van der Waals surface area contributed by atoms with E-state index in [9.17, 15) is 0 Å². The molecule has 1 aromatic carbocycles. The van der Waals surface area contributed by atoms with Crippen LogP contribution in [0.25, 0.3) is 0 Å². The molecular weight excluding hydrogens is 352 g/mol. The summed E-state index contributed by atoms with van der Waals surface area (Å²) in [5.41, 5.74) is 1.16. The molecule has 0 saturated carbocycles. The number of methoxy groups -OCH3 is 2. The number of hydrogen-bond donors (Lipinski definition) is 0. The highest BCUT2D eigenvalue weighted by Gasteiger charge is 2.22. The van der Waals surface area contributed by atoms with E-state index in [-0.39, 0.29) is 0 Å². The lowest BCUT2D eigenvalue weighted by Crippen LogP contribution is -2.07. The average molecular weight is 395 g/mol. The molecule has 0 unspecified atom stereocenters. The smallest absolute Gasteiger partial charge is 0.207 e.